The minimum absolute atomic E-state index is 0.0106. The van der Waals surface area contributed by atoms with Gasteiger partial charge in [-0.1, -0.05) is 12.1 Å². The third-order valence-electron chi connectivity index (χ3n) is 3.13. The molecule has 1 atom stereocenters. The Labute approximate surface area is 110 Å². The molecule has 92 valence electrons. The molecule has 2 heterocycles. The van der Waals surface area contributed by atoms with Gasteiger partial charge >= 0.3 is 0 Å². The van der Waals surface area contributed by atoms with Crippen LogP contribution in [0.1, 0.15) is 31.8 Å². The molecule has 0 saturated heterocycles. The van der Waals surface area contributed by atoms with Gasteiger partial charge in [0.25, 0.3) is 5.91 Å². The summed E-state index contributed by atoms with van der Waals surface area (Å²) >= 11 is 1.70. The van der Waals surface area contributed by atoms with E-state index >= 15 is 0 Å². The average Bonchev–Trinajstić information content (AvgIpc) is 2.77. The zero-order valence-corrected chi connectivity index (χ0v) is 11.1. The van der Waals surface area contributed by atoms with Crippen LogP contribution in [0.3, 0.4) is 0 Å². The molecule has 3 nitrogen and oxygen atoms in total. The standard InChI is InChI=1S/C14H14N2OS/c1-8-4-3-5-10-12(8)15-13(16-14(10)17)11-7-6-9(2)18-11/h3-7,13,15H,1-2H3,(H,16,17)/t13-/m0/s1. The van der Waals surface area contributed by atoms with Crippen LogP contribution >= 0.6 is 11.3 Å². The molecule has 2 N–H and O–H groups in total. The van der Waals surface area contributed by atoms with Gasteiger partial charge in [-0.2, -0.15) is 0 Å². The Bertz CT molecular complexity index is 618. The van der Waals surface area contributed by atoms with Gasteiger partial charge in [0.1, 0.15) is 6.17 Å². The van der Waals surface area contributed by atoms with Crippen LogP contribution in [0.25, 0.3) is 0 Å². The number of hydrogen-bond donors (Lipinski definition) is 2. The van der Waals surface area contributed by atoms with Crippen molar-refractivity contribution in [2.75, 3.05) is 5.32 Å². The molecule has 1 amide bonds. The highest BCUT2D eigenvalue weighted by molar-refractivity contribution is 7.12. The SMILES string of the molecule is Cc1ccc([C@@H]2NC(=O)c3cccc(C)c3N2)s1. The summed E-state index contributed by atoms with van der Waals surface area (Å²) in [5.74, 6) is -0.0106. The normalized spacial score (nSPS) is 17.9. The minimum Gasteiger partial charge on any atom is -0.360 e. The van der Waals surface area contributed by atoms with Gasteiger partial charge in [-0.3, -0.25) is 4.79 Å². The maximum Gasteiger partial charge on any atom is 0.255 e. The number of fused-ring (bicyclic) bond motifs is 1. The zero-order valence-electron chi connectivity index (χ0n) is 10.3. The van der Waals surface area contributed by atoms with Crippen molar-refractivity contribution in [1.29, 1.82) is 0 Å². The topological polar surface area (TPSA) is 41.1 Å². The summed E-state index contributed by atoms with van der Waals surface area (Å²) in [5.41, 5.74) is 2.76. The van der Waals surface area contributed by atoms with E-state index < -0.39 is 0 Å². The molecule has 0 saturated carbocycles. The second-order valence-electron chi connectivity index (χ2n) is 4.50. The molecule has 1 aliphatic rings. The lowest BCUT2D eigenvalue weighted by Gasteiger charge is -2.28. The van der Waals surface area contributed by atoms with Crippen molar-refractivity contribution >= 4 is 22.9 Å². The molecule has 1 aromatic carbocycles. The summed E-state index contributed by atoms with van der Waals surface area (Å²) in [6.07, 6.45) is -0.121. The first-order chi connectivity index (χ1) is 8.65. The van der Waals surface area contributed by atoms with E-state index in [1.807, 2.05) is 25.1 Å². The number of para-hydroxylation sites is 1. The van der Waals surface area contributed by atoms with E-state index in [1.54, 1.807) is 11.3 Å². The largest absolute Gasteiger partial charge is 0.360 e. The van der Waals surface area contributed by atoms with E-state index in [-0.39, 0.29) is 12.1 Å². The Morgan fingerprint density at radius 2 is 1.94 bits per heavy atom. The van der Waals surface area contributed by atoms with Gasteiger partial charge in [0.2, 0.25) is 0 Å². The first-order valence-corrected chi connectivity index (χ1v) is 6.70. The first kappa shape index (κ1) is 11.3. The molecule has 0 spiro atoms. The summed E-state index contributed by atoms with van der Waals surface area (Å²) in [6, 6.07) is 9.90. The van der Waals surface area contributed by atoms with Crippen LogP contribution in [-0.2, 0) is 0 Å². The molecule has 1 aromatic heterocycles. The number of rotatable bonds is 1. The maximum atomic E-state index is 12.1. The highest BCUT2D eigenvalue weighted by atomic mass is 32.1. The molecule has 18 heavy (non-hydrogen) atoms. The molecule has 0 radical (unpaired) electrons. The van der Waals surface area contributed by atoms with Gasteiger partial charge in [-0.05, 0) is 37.6 Å². The monoisotopic (exact) mass is 258 g/mol. The van der Waals surface area contributed by atoms with Gasteiger partial charge in [-0.15, -0.1) is 11.3 Å². The summed E-state index contributed by atoms with van der Waals surface area (Å²) < 4.78 is 0. The fourth-order valence-corrected chi connectivity index (χ4v) is 3.07. The van der Waals surface area contributed by atoms with Crippen LogP contribution in [0.5, 0.6) is 0 Å². The van der Waals surface area contributed by atoms with E-state index in [4.69, 9.17) is 0 Å². The molecule has 0 fully saturated rings. The highest BCUT2D eigenvalue weighted by Crippen LogP contribution is 2.31. The van der Waals surface area contributed by atoms with Gasteiger partial charge in [0, 0.05) is 9.75 Å². The van der Waals surface area contributed by atoms with Crippen molar-refractivity contribution in [3.05, 3.63) is 51.2 Å². The second-order valence-corrected chi connectivity index (χ2v) is 5.82. The van der Waals surface area contributed by atoms with E-state index in [2.05, 4.69) is 29.7 Å². The number of benzene rings is 1. The number of hydrogen-bond acceptors (Lipinski definition) is 3. The number of thiophene rings is 1. The molecule has 2 aromatic rings. The molecule has 3 rings (SSSR count). The average molecular weight is 258 g/mol. The Morgan fingerprint density at radius 3 is 2.67 bits per heavy atom. The van der Waals surface area contributed by atoms with Crippen molar-refractivity contribution in [2.45, 2.75) is 20.0 Å². The lowest BCUT2D eigenvalue weighted by molar-refractivity contribution is 0.0936. The number of carbonyl (C=O) groups excluding carboxylic acids is 1. The van der Waals surface area contributed by atoms with Crippen LogP contribution in [0, 0.1) is 13.8 Å². The Morgan fingerprint density at radius 1 is 1.11 bits per heavy atom. The third-order valence-corrected chi connectivity index (χ3v) is 4.19. The lowest BCUT2D eigenvalue weighted by atomic mass is 10.0. The van der Waals surface area contributed by atoms with E-state index in [1.165, 1.54) is 4.88 Å². The summed E-state index contributed by atoms with van der Waals surface area (Å²) in [6.45, 7) is 4.08. The van der Waals surface area contributed by atoms with Gasteiger partial charge in [0.15, 0.2) is 0 Å². The molecule has 0 unspecified atom stereocenters. The van der Waals surface area contributed by atoms with Crippen molar-refractivity contribution in [3.63, 3.8) is 0 Å². The Balaban J connectivity index is 2.01. The van der Waals surface area contributed by atoms with Crippen LogP contribution in [0.4, 0.5) is 5.69 Å². The maximum absolute atomic E-state index is 12.1. The summed E-state index contributed by atoms with van der Waals surface area (Å²) in [7, 11) is 0. The third kappa shape index (κ3) is 1.78. The van der Waals surface area contributed by atoms with Crippen molar-refractivity contribution in [2.24, 2.45) is 0 Å². The van der Waals surface area contributed by atoms with Gasteiger partial charge < -0.3 is 10.6 Å². The van der Waals surface area contributed by atoms with E-state index in [0.717, 1.165) is 21.7 Å². The fourth-order valence-electron chi connectivity index (χ4n) is 2.19. The first-order valence-electron chi connectivity index (χ1n) is 5.88. The predicted octanol–water partition coefficient (Wildman–Crippen LogP) is 3.22. The number of aryl methyl sites for hydroxylation is 2. The van der Waals surface area contributed by atoms with E-state index in [0.29, 0.717) is 0 Å². The number of anilines is 1. The smallest absolute Gasteiger partial charge is 0.255 e. The molecular formula is C14H14N2OS. The van der Waals surface area contributed by atoms with Crippen LogP contribution in [-0.4, -0.2) is 5.91 Å². The number of amides is 1. The molecule has 1 aliphatic heterocycles. The summed E-state index contributed by atoms with van der Waals surface area (Å²) in [5, 5.41) is 6.39. The Kier molecular flexibility index (Phi) is 2.59. The van der Waals surface area contributed by atoms with Crippen LogP contribution in [0.2, 0.25) is 0 Å². The highest BCUT2D eigenvalue weighted by Gasteiger charge is 2.26. The van der Waals surface area contributed by atoms with E-state index in [9.17, 15) is 4.79 Å². The zero-order chi connectivity index (χ0) is 12.7. The van der Waals surface area contributed by atoms with Crippen molar-refractivity contribution in [1.82, 2.24) is 5.32 Å². The van der Waals surface area contributed by atoms with Gasteiger partial charge in [-0.25, -0.2) is 0 Å². The molecular weight excluding hydrogens is 244 g/mol. The number of nitrogens with one attached hydrogen (secondary N) is 2. The minimum atomic E-state index is -0.121. The van der Waals surface area contributed by atoms with Crippen LogP contribution < -0.4 is 10.6 Å². The number of carbonyl (C=O) groups is 1. The predicted molar refractivity (Wildman–Crippen MR) is 74.1 cm³/mol. The quantitative estimate of drug-likeness (QED) is 0.824. The summed E-state index contributed by atoms with van der Waals surface area (Å²) in [4.78, 5) is 14.5. The van der Waals surface area contributed by atoms with Crippen LogP contribution in [0.15, 0.2) is 30.3 Å². The van der Waals surface area contributed by atoms with Gasteiger partial charge in [0.05, 0.1) is 11.3 Å². The fraction of sp³-hybridized carbons (Fsp3) is 0.214. The molecule has 0 aliphatic carbocycles. The van der Waals surface area contributed by atoms with Crippen molar-refractivity contribution in [3.8, 4) is 0 Å². The molecule has 0 bridgehead atoms. The molecule has 4 heteroatoms. The Hall–Kier alpha value is -1.81. The second kappa shape index (κ2) is 4.14. The van der Waals surface area contributed by atoms with Crippen molar-refractivity contribution < 1.29 is 4.79 Å². The lowest BCUT2D eigenvalue weighted by Crippen LogP contribution is -2.38.